The number of ether oxygens (including phenoxy) is 1. The van der Waals surface area contributed by atoms with E-state index in [9.17, 15) is 4.79 Å². The fourth-order valence-corrected chi connectivity index (χ4v) is 1.71. The SMILES string of the molecule is COc1ccccc1CC(=O)NCCCN(C)C. The fourth-order valence-electron chi connectivity index (χ4n) is 1.71. The van der Waals surface area contributed by atoms with Crippen LogP contribution in [0.3, 0.4) is 0 Å². The van der Waals surface area contributed by atoms with E-state index in [4.69, 9.17) is 4.74 Å². The Morgan fingerprint density at radius 2 is 2.06 bits per heavy atom. The zero-order chi connectivity index (χ0) is 13.4. The molecular weight excluding hydrogens is 228 g/mol. The molecule has 0 aliphatic rings. The average Bonchev–Trinajstić information content (AvgIpc) is 2.35. The van der Waals surface area contributed by atoms with Crippen molar-refractivity contribution in [2.24, 2.45) is 0 Å². The van der Waals surface area contributed by atoms with Crippen LogP contribution in [0.4, 0.5) is 0 Å². The molecule has 0 saturated carbocycles. The van der Waals surface area contributed by atoms with Crippen LogP contribution in [0.1, 0.15) is 12.0 Å². The Labute approximate surface area is 109 Å². The van der Waals surface area contributed by atoms with Gasteiger partial charge in [0, 0.05) is 12.1 Å². The molecule has 0 aromatic heterocycles. The lowest BCUT2D eigenvalue weighted by Gasteiger charge is -2.11. The largest absolute Gasteiger partial charge is 0.496 e. The van der Waals surface area contributed by atoms with Gasteiger partial charge in [0.2, 0.25) is 5.91 Å². The highest BCUT2D eigenvalue weighted by molar-refractivity contribution is 5.79. The number of hydrogen-bond acceptors (Lipinski definition) is 3. The van der Waals surface area contributed by atoms with Gasteiger partial charge in [0.1, 0.15) is 5.75 Å². The van der Waals surface area contributed by atoms with Crippen LogP contribution < -0.4 is 10.1 Å². The molecule has 1 aromatic rings. The van der Waals surface area contributed by atoms with Gasteiger partial charge in [-0.2, -0.15) is 0 Å². The van der Waals surface area contributed by atoms with Crippen molar-refractivity contribution < 1.29 is 9.53 Å². The van der Waals surface area contributed by atoms with Gasteiger partial charge >= 0.3 is 0 Å². The average molecular weight is 250 g/mol. The summed E-state index contributed by atoms with van der Waals surface area (Å²) in [6, 6.07) is 7.60. The van der Waals surface area contributed by atoms with Crippen molar-refractivity contribution in [3.05, 3.63) is 29.8 Å². The number of rotatable bonds is 7. The molecule has 4 nitrogen and oxygen atoms in total. The maximum absolute atomic E-state index is 11.7. The Bertz CT molecular complexity index is 378. The van der Waals surface area contributed by atoms with Crippen LogP contribution in [-0.2, 0) is 11.2 Å². The van der Waals surface area contributed by atoms with Crippen LogP contribution in [-0.4, -0.2) is 45.1 Å². The minimum Gasteiger partial charge on any atom is -0.496 e. The van der Waals surface area contributed by atoms with Gasteiger partial charge in [-0.25, -0.2) is 0 Å². The molecule has 0 aliphatic heterocycles. The van der Waals surface area contributed by atoms with E-state index >= 15 is 0 Å². The lowest BCUT2D eigenvalue weighted by molar-refractivity contribution is -0.120. The second-order valence-electron chi connectivity index (χ2n) is 4.50. The number of nitrogens with one attached hydrogen (secondary N) is 1. The molecule has 1 aromatic carbocycles. The van der Waals surface area contributed by atoms with E-state index in [1.165, 1.54) is 0 Å². The summed E-state index contributed by atoms with van der Waals surface area (Å²) in [7, 11) is 5.67. The lowest BCUT2D eigenvalue weighted by Crippen LogP contribution is -2.28. The molecule has 100 valence electrons. The second kappa shape index (κ2) is 7.71. The van der Waals surface area contributed by atoms with E-state index in [-0.39, 0.29) is 5.91 Å². The topological polar surface area (TPSA) is 41.6 Å². The van der Waals surface area contributed by atoms with Crippen molar-refractivity contribution in [2.45, 2.75) is 12.8 Å². The van der Waals surface area contributed by atoms with Crippen LogP contribution >= 0.6 is 0 Å². The minimum atomic E-state index is 0.0401. The van der Waals surface area contributed by atoms with E-state index < -0.39 is 0 Å². The van der Waals surface area contributed by atoms with E-state index in [0.717, 1.165) is 24.3 Å². The van der Waals surface area contributed by atoms with Crippen LogP contribution in [0.25, 0.3) is 0 Å². The maximum Gasteiger partial charge on any atom is 0.224 e. The smallest absolute Gasteiger partial charge is 0.224 e. The normalized spacial score (nSPS) is 10.4. The van der Waals surface area contributed by atoms with Gasteiger partial charge in [0.15, 0.2) is 0 Å². The first-order chi connectivity index (χ1) is 8.63. The molecular formula is C14H22N2O2. The quantitative estimate of drug-likeness (QED) is 0.742. The number of methoxy groups -OCH3 is 1. The van der Waals surface area contributed by atoms with Crippen LogP contribution in [0.2, 0.25) is 0 Å². The summed E-state index contributed by atoms with van der Waals surface area (Å²) >= 11 is 0. The second-order valence-corrected chi connectivity index (χ2v) is 4.50. The highest BCUT2D eigenvalue weighted by Gasteiger charge is 2.07. The van der Waals surface area contributed by atoms with E-state index in [1.54, 1.807) is 7.11 Å². The summed E-state index contributed by atoms with van der Waals surface area (Å²) in [6.45, 7) is 1.70. The monoisotopic (exact) mass is 250 g/mol. The summed E-state index contributed by atoms with van der Waals surface area (Å²) in [4.78, 5) is 13.8. The Kier molecular flexibility index (Phi) is 6.22. The lowest BCUT2D eigenvalue weighted by atomic mass is 10.1. The van der Waals surface area contributed by atoms with Crippen molar-refractivity contribution in [1.82, 2.24) is 10.2 Å². The summed E-state index contributed by atoms with van der Waals surface area (Å²) < 4.78 is 5.22. The van der Waals surface area contributed by atoms with Crippen LogP contribution in [0.15, 0.2) is 24.3 Å². The Balaban J connectivity index is 2.35. The molecule has 4 heteroatoms. The third kappa shape index (κ3) is 5.19. The molecule has 0 heterocycles. The number of nitrogens with zero attached hydrogens (tertiary/aromatic N) is 1. The molecule has 0 spiro atoms. The molecule has 0 radical (unpaired) electrons. The van der Waals surface area contributed by atoms with Gasteiger partial charge < -0.3 is 15.0 Å². The summed E-state index contributed by atoms with van der Waals surface area (Å²) in [5.74, 6) is 0.805. The summed E-state index contributed by atoms with van der Waals surface area (Å²) in [5, 5.41) is 2.92. The van der Waals surface area contributed by atoms with Crippen LogP contribution in [0, 0.1) is 0 Å². The number of benzene rings is 1. The zero-order valence-corrected chi connectivity index (χ0v) is 11.4. The predicted molar refractivity (Wildman–Crippen MR) is 72.9 cm³/mol. The maximum atomic E-state index is 11.7. The van der Waals surface area contributed by atoms with Crippen molar-refractivity contribution in [1.29, 1.82) is 0 Å². The first-order valence-corrected chi connectivity index (χ1v) is 6.17. The number of hydrogen-bond donors (Lipinski definition) is 1. The first-order valence-electron chi connectivity index (χ1n) is 6.17. The zero-order valence-electron chi connectivity index (χ0n) is 11.4. The number of carbonyl (C=O) groups is 1. The van der Waals surface area contributed by atoms with E-state index in [2.05, 4.69) is 10.2 Å². The van der Waals surface area contributed by atoms with Crippen molar-refractivity contribution in [3.8, 4) is 5.75 Å². The summed E-state index contributed by atoms with van der Waals surface area (Å²) in [6.07, 6.45) is 1.33. The number of para-hydroxylation sites is 1. The Morgan fingerprint density at radius 3 is 2.72 bits per heavy atom. The molecule has 1 amide bonds. The van der Waals surface area contributed by atoms with Crippen molar-refractivity contribution in [3.63, 3.8) is 0 Å². The fraction of sp³-hybridized carbons (Fsp3) is 0.500. The standard InChI is InChI=1S/C14H22N2O2/c1-16(2)10-6-9-15-14(17)11-12-7-4-5-8-13(12)18-3/h4-5,7-8H,6,9-11H2,1-3H3,(H,15,17). The van der Waals surface area contributed by atoms with Crippen LogP contribution in [0.5, 0.6) is 5.75 Å². The minimum absolute atomic E-state index is 0.0401. The highest BCUT2D eigenvalue weighted by Crippen LogP contribution is 2.17. The van der Waals surface area contributed by atoms with Gasteiger partial charge in [0.05, 0.1) is 13.5 Å². The first kappa shape index (κ1) is 14.5. The molecule has 0 atom stereocenters. The molecule has 1 N–H and O–H groups in total. The van der Waals surface area contributed by atoms with Gasteiger partial charge in [-0.05, 0) is 33.1 Å². The van der Waals surface area contributed by atoms with Gasteiger partial charge in [-0.1, -0.05) is 18.2 Å². The number of amides is 1. The van der Waals surface area contributed by atoms with E-state index in [1.807, 2.05) is 38.4 Å². The van der Waals surface area contributed by atoms with Crippen molar-refractivity contribution in [2.75, 3.05) is 34.3 Å². The molecule has 18 heavy (non-hydrogen) atoms. The molecule has 0 bridgehead atoms. The highest BCUT2D eigenvalue weighted by atomic mass is 16.5. The Morgan fingerprint density at radius 1 is 1.33 bits per heavy atom. The number of carbonyl (C=O) groups excluding carboxylic acids is 1. The summed E-state index contributed by atoms with van der Waals surface area (Å²) in [5.41, 5.74) is 0.921. The van der Waals surface area contributed by atoms with E-state index in [0.29, 0.717) is 13.0 Å². The predicted octanol–water partition coefficient (Wildman–Crippen LogP) is 1.31. The van der Waals surface area contributed by atoms with Gasteiger partial charge in [0.25, 0.3) is 0 Å². The Hall–Kier alpha value is -1.55. The molecule has 0 saturated heterocycles. The molecule has 1 rings (SSSR count). The molecule has 0 unspecified atom stereocenters. The van der Waals surface area contributed by atoms with Crippen molar-refractivity contribution >= 4 is 5.91 Å². The molecule has 0 fully saturated rings. The molecule has 0 aliphatic carbocycles. The third-order valence-corrected chi connectivity index (χ3v) is 2.65. The van der Waals surface area contributed by atoms with Gasteiger partial charge in [-0.3, -0.25) is 4.79 Å². The third-order valence-electron chi connectivity index (χ3n) is 2.65. The van der Waals surface area contributed by atoms with Gasteiger partial charge in [-0.15, -0.1) is 0 Å².